The Balaban J connectivity index is 0.000000555. The lowest BCUT2D eigenvalue weighted by atomic mass is 10.1. The molecule has 1 amide bonds. The summed E-state index contributed by atoms with van der Waals surface area (Å²) in [6.45, 7) is 1.49. The predicted molar refractivity (Wildman–Crippen MR) is 124 cm³/mol. The molecule has 0 aliphatic heterocycles. The van der Waals surface area contributed by atoms with E-state index in [4.69, 9.17) is 4.42 Å². The van der Waals surface area contributed by atoms with E-state index in [0.717, 1.165) is 43.5 Å². The van der Waals surface area contributed by atoms with E-state index in [2.05, 4.69) is 26.2 Å². The molecule has 0 bridgehead atoms. The number of benzene rings is 3. The van der Waals surface area contributed by atoms with Gasteiger partial charge in [0.15, 0.2) is 0 Å². The van der Waals surface area contributed by atoms with Gasteiger partial charge in [-0.15, -0.1) is 0 Å². The highest BCUT2D eigenvalue weighted by molar-refractivity contribution is 9.10. The molecule has 0 aliphatic carbocycles. The van der Waals surface area contributed by atoms with Crippen LogP contribution < -0.4 is 15.7 Å². The predicted octanol–water partition coefficient (Wildman–Crippen LogP) is 5.43. The Morgan fingerprint density at radius 3 is 2.18 bits per heavy atom. The molecule has 3 aromatic carbocycles. The summed E-state index contributed by atoms with van der Waals surface area (Å²) in [5.41, 5.74) is 3.48. The van der Waals surface area contributed by atoms with Crippen molar-refractivity contribution in [1.82, 2.24) is 0 Å². The lowest BCUT2D eigenvalue weighted by Gasteiger charge is -2.03. The van der Waals surface area contributed by atoms with Gasteiger partial charge in [-0.05, 0) is 30.3 Å². The molecular weight excluding hydrogens is 503 g/mol. The Kier molecular flexibility index (Phi) is 7.70. The summed E-state index contributed by atoms with van der Waals surface area (Å²) in [7, 11) is -6.00. The van der Waals surface area contributed by atoms with Crippen molar-refractivity contribution in [2.24, 2.45) is 0 Å². The smallest absolute Gasteiger partial charge is 0.456 e. The van der Waals surface area contributed by atoms with Crippen molar-refractivity contribution < 1.29 is 31.5 Å². The fraction of sp³-hybridized carbons (Fsp3) is 0.0435. The molecule has 10 heteroatoms. The first kappa shape index (κ1) is 24.3. The first-order valence-corrected chi connectivity index (χ1v) is 10.5. The normalized spacial score (nSPS) is 11.6. The van der Waals surface area contributed by atoms with Gasteiger partial charge in [-0.25, -0.2) is 4.99 Å². The molecule has 1 heterocycles. The van der Waals surface area contributed by atoms with Crippen LogP contribution in [0.15, 0.2) is 87.8 Å². The van der Waals surface area contributed by atoms with Gasteiger partial charge < -0.3 is 27.0 Å². The summed E-state index contributed by atoms with van der Waals surface area (Å²) in [5.74, 6) is 0.696. The van der Waals surface area contributed by atoms with Crippen molar-refractivity contribution in [2.45, 2.75) is 6.92 Å². The van der Waals surface area contributed by atoms with E-state index in [0.29, 0.717) is 0 Å². The van der Waals surface area contributed by atoms with Crippen LogP contribution in [-0.4, -0.2) is 13.2 Å². The number of fused-ring (bicyclic) bond motifs is 1. The Labute approximate surface area is 195 Å². The maximum absolute atomic E-state index is 11.2. The molecule has 0 fully saturated rings. The van der Waals surface area contributed by atoms with Crippen molar-refractivity contribution in [3.05, 3.63) is 88.7 Å². The maximum Gasteiger partial charge on any atom is 0.673 e. The van der Waals surface area contributed by atoms with Crippen molar-refractivity contribution in [2.75, 3.05) is 5.32 Å². The highest BCUT2D eigenvalue weighted by Gasteiger charge is 2.20. The van der Waals surface area contributed by atoms with E-state index in [1.54, 1.807) is 0 Å². The van der Waals surface area contributed by atoms with Crippen molar-refractivity contribution in [3.63, 3.8) is 0 Å². The van der Waals surface area contributed by atoms with Crippen LogP contribution in [0.1, 0.15) is 6.92 Å². The summed E-state index contributed by atoms with van der Waals surface area (Å²) in [5, 5.41) is 4.69. The number of carbonyl (C=O) groups is 1. The summed E-state index contributed by atoms with van der Waals surface area (Å²) in [6, 6.07) is 25.6. The number of carbonyl (C=O) groups excluding carboxylic acids is 1. The molecular formula is C23H18BBrF4N2O2. The van der Waals surface area contributed by atoms with Crippen LogP contribution in [0, 0.1) is 0 Å². The zero-order valence-corrected chi connectivity index (χ0v) is 18.9. The lowest BCUT2D eigenvalue weighted by Crippen LogP contribution is -2.70. The second kappa shape index (κ2) is 10.5. The molecule has 0 aliphatic rings. The summed E-state index contributed by atoms with van der Waals surface area (Å²) in [4.78, 5) is 14.7. The van der Waals surface area contributed by atoms with Crippen molar-refractivity contribution in [3.8, 4) is 11.3 Å². The molecule has 170 valence electrons. The minimum absolute atomic E-state index is 0.0891. The summed E-state index contributed by atoms with van der Waals surface area (Å²) in [6.07, 6.45) is 0. The molecule has 4 nitrogen and oxygen atoms in total. The molecule has 0 atom stereocenters. The quantitative estimate of drug-likeness (QED) is 0.279. The van der Waals surface area contributed by atoms with Gasteiger partial charge >= 0.3 is 7.25 Å². The fourth-order valence-electron chi connectivity index (χ4n) is 3.00. The van der Waals surface area contributed by atoms with Crippen LogP contribution in [0.2, 0.25) is 0 Å². The number of hydrogen-bond acceptors (Lipinski definition) is 2. The summed E-state index contributed by atoms with van der Waals surface area (Å²) < 4.78 is 46.1. The van der Waals surface area contributed by atoms with E-state index in [9.17, 15) is 22.1 Å². The molecule has 4 rings (SSSR count). The minimum atomic E-state index is -6.00. The van der Waals surface area contributed by atoms with Gasteiger partial charge in [0, 0.05) is 34.8 Å². The molecule has 1 aromatic heterocycles. The van der Waals surface area contributed by atoms with E-state index >= 15 is 0 Å². The van der Waals surface area contributed by atoms with E-state index in [1.165, 1.54) is 6.92 Å². The van der Waals surface area contributed by atoms with Gasteiger partial charge in [-0.3, -0.25) is 4.79 Å². The third-order valence-corrected chi connectivity index (χ3v) is 4.76. The topological polar surface area (TPSA) is 56.2 Å². The Morgan fingerprint density at radius 1 is 0.939 bits per heavy atom. The molecule has 33 heavy (non-hydrogen) atoms. The number of amides is 1. The number of anilines is 1. The standard InChI is InChI=1S/C23H17BrN2O2.BF4/c1-15(27)25-18-8-10-19(11-9-18)26-21-14-23(16-5-3-2-4-6-16)28-22-12-7-17(24)13-20(21)22;2-1(3,4)5/h2-14H,1H3,(H,25,27);/q;-1/p+1. The first-order chi connectivity index (χ1) is 15.6. The maximum atomic E-state index is 11.2. The number of halogens is 5. The van der Waals surface area contributed by atoms with Crippen molar-refractivity contribution >= 4 is 51.4 Å². The van der Waals surface area contributed by atoms with Crippen LogP contribution in [-0.2, 0) is 4.79 Å². The molecule has 0 radical (unpaired) electrons. The monoisotopic (exact) mass is 520 g/mol. The largest absolute Gasteiger partial charge is 0.673 e. The molecule has 0 spiro atoms. The van der Waals surface area contributed by atoms with Crippen LogP contribution >= 0.6 is 15.9 Å². The molecule has 0 saturated heterocycles. The highest BCUT2D eigenvalue weighted by atomic mass is 79.9. The Morgan fingerprint density at radius 2 is 1.58 bits per heavy atom. The van der Waals surface area contributed by atoms with E-state index < -0.39 is 7.25 Å². The zero-order chi connectivity index (χ0) is 24.0. The number of rotatable bonds is 3. The number of nitrogens with one attached hydrogen (secondary N) is 2. The van der Waals surface area contributed by atoms with E-state index in [1.807, 2.05) is 78.9 Å². The van der Waals surface area contributed by atoms with Gasteiger partial charge in [0.1, 0.15) is 11.3 Å². The third kappa shape index (κ3) is 7.60. The van der Waals surface area contributed by atoms with Crippen LogP contribution in [0.25, 0.3) is 22.3 Å². The number of hydrogen-bond donors (Lipinski definition) is 2. The van der Waals surface area contributed by atoms with Crippen LogP contribution in [0.5, 0.6) is 0 Å². The second-order valence-corrected chi connectivity index (χ2v) is 7.82. The molecule has 0 saturated carbocycles. The van der Waals surface area contributed by atoms with Gasteiger partial charge in [-0.1, -0.05) is 46.3 Å². The second-order valence-electron chi connectivity index (χ2n) is 6.91. The SMILES string of the molecule is CC(=O)Nc1ccc([NH+]=c2cc(-c3ccccc3)oc3ccc(Br)cc23)cc1.F[B-](F)(F)F. The molecule has 2 N–H and O–H groups in total. The minimum Gasteiger partial charge on any atom is -0.456 e. The van der Waals surface area contributed by atoms with Crippen LogP contribution in [0.4, 0.5) is 28.6 Å². The Hall–Kier alpha value is -3.40. The highest BCUT2D eigenvalue weighted by Crippen LogP contribution is 2.23. The van der Waals surface area contributed by atoms with Gasteiger partial charge in [0.2, 0.25) is 17.0 Å². The van der Waals surface area contributed by atoms with Gasteiger partial charge in [0.25, 0.3) is 0 Å². The molecule has 0 unspecified atom stereocenters. The van der Waals surface area contributed by atoms with Gasteiger partial charge in [-0.2, -0.15) is 0 Å². The van der Waals surface area contributed by atoms with Gasteiger partial charge in [0.05, 0.1) is 11.5 Å². The average molecular weight is 521 g/mol. The average Bonchev–Trinajstić information content (AvgIpc) is 2.74. The zero-order valence-electron chi connectivity index (χ0n) is 17.3. The molecule has 4 aromatic rings. The van der Waals surface area contributed by atoms with Crippen LogP contribution in [0.3, 0.4) is 0 Å². The summed E-state index contributed by atoms with van der Waals surface area (Å²) >= 11 is 3.54. The fourth-order valence-corrected chi connectivity index (χ4v) is 3.36. The third-order valence-electron chi connectivity index (χ3n) is 4.27. The van der Waals surface area contributed by atoms with Crippen molar-refractivity contribution in [1.29, 1.82) is 0 Å². The first-order valence-electron chi connectivity index (χ1n) is 9.72. The lowest BCUT2D eigenvalue weighted by molar-refractivity contribution is -0.400. The Bertz CT molecular complexity index is 1320. The van der Waals surface area contributed by atoms with E-state index in [-0.39, 0.29) is 5.91 Å².